The Hall–Kier alpha value is -0.720. The third-order valence-corrected chi connectivity index (χ3v) is 4.38. The Morgan fingerprint density at radius 3 is 3.12 bits per heavy atom. The normalized spacial score (nSPS) is 30.1. The number of nitrogen functional groups attached to an aromatic ring is 1. The van der Waals surface area contributed by atoms with Gasteiger partial charge in [0.25, 0.3) is 0 Å². The molecule has 2 aliphatic rings. The fourth-order valence-electron chi connectivity index (χ4n) is 2.89. The van der Waals surface area contributed by atoms with Crippen LogP contribution >= 0.6 is 11.5 Å². The SMILES string of the molecule is Nc1snnc1CN1CCOC2CCCCC21. The van der Waals surface area contributed by atoms with Crippen molar-refractivity contribution in [3.05, 3.63) is 5.69 Å². The predicted molar refractivity (Wildman–Crippen MR) is 66.7 cm³/mol. The average molecular weight is 254 g/mol. The number of anilines is 1. The summed E-state index contributed by atoms with van der Waals surface area (Å²) < 4.78 is 9.76. The largest absolute Gasteiger partial charge is 0.388 e. The number of nitrogens with two attached hydrogens (primary N) is 1. The number of nitrogens with zero attached hydrogens (tertiary/aromatic N) is 3. The first-order chi connectivity index (χ1) is 8.34. The van der Waals surface area contributed by atoms with E-state index in [9.17, 15) is 0 Å². The maximum atomic E-state index is 5.86. The van der Waals surface area contributed by atoms with Crippen LogP contribution in [0.15, 0.2) is 0 Å². The van der Waals surface area contributed by atoms with E-state index in [1.807, 2.05) is 0 Å². The molecule has 2 unspecified atom stereocenters. The van der Waals surface area contributed by atoms with Crippen molar-refractivity contribution in [3.63, 3.8) is 0 Å². The molecule has 2 N–H and O–H groups in total. The summed E-state index contributed by atoms with van der Waals surface area (Å²) in [6.07, 6.45) is 5.47. The zero-order valence-corrected chi connectivity index (χ0v) is 10.7. The highest BCUT2D eigenvalue weighted by Gasteiger charge is 2.34. The molecule has 17 heavy (non-hydrogen) atoms. The Balaban J connectivity index is 1.71. The van der Waals surface area contributed by atoms with Gasteiger partial charge in [0.15, 0.2) is 0 Å². The summed E-state index contributed by atoms with van der Waals surface area (Å²) >= 11 is 1.28. The van der Waals surface area contributed by atoms with Crippen LogP contribution in [0.1, 0.15) is 31.4 Å². The highest BCUT2D eigenvalue weighted by Crippen LogP contribution is 2.30. The molecule has 3 rings (SSSR count). The molecule has 2 fully saturated rings. The zero-order chi connectivity index (χ0) is 11.7. The molecule has 5 nitrogen and oxygen atoms in total. The van der Waals surface area contributed by atoms with Gasteiger partial charge in [-0.3, -0.25) is 4.90 Å². The maximum absolute atomic E-state index is 5.86. The minimum atomic E-state index is 0.422. The quantitative estimate of drug-likeness (QED) is 0.861. The second-order valence-corrected chi connectivity index (χ2v) is 5.60. The van der Waals surface area contributed by atoms with Gasteiger partial charge in [0, 0.05) is 30.7 Å². The molecule has 1 aromatic heterocycles. The van der Waals surface area contributed by atoms with Crippen LogP contribution in [0.2, 0.25) is 0 Å². The number of rotatable bonds is 2. The number of morpholine rings is 1. The molecule has 1 saturated carbocycles. The number of hydrogen-bond donors (Lipinski definition) is 1. The van der Waals surface area contributed by atoms with E-state index in [0.717, 1.165) is 30.4 Å². The summed E-state index contributed by atoms with van der Waals surface area (Å²) in [5.74, 6) is 0. The highest BCUT2D eigenvalue weighted by atomic mass is 32.1. The van der Waals surface area contributed by atoms with Crippen molar-refractivity contribution in [2.24, 2.45) is 0 Å². The van der Waals surface area contributed by atoms with E-state index < -0.39 is 0 Å². The van der Waals surface area contributed by atoms with E-state index in [2.05, 4.69) is 14.5 Å². The lowest BCUT2D eigenvalue weighted by Crippen LogP contribution is -2.52. The third-order valence-electron chi connectivity index (χ3n) is 3.79. The standard InChI is InChI=1S/C11H18N4OS/c12-11-8(13-14-17-11)7-15-5-6-16-10-4-2-1-3-9(10)15/h9-10H,1-7,12H2. The van der Waals surface area contributed by atoms with E-state index in [-0.39, 0.29) is 0 Å². The maximum Gasteiger partial charge on any atom is 0.132 e. The monoisotopic (exact) mass is 254 g/mol. The van der Waals surface area contributed by atoms with Gasteiger partial charge in [-0.25, -0.2) is 0 Å². The van der Waals surface area contributed by atoms with Gasteiger partial charge >= 0.3 is 0 Å². The van der Waals surface area contributed by atoms with Crippen molar-refractivity contribution in [3.8, 4) is 0 Å². The molecule has 1 aliphatic heterocycles. The molecule has 0 amide bonds. The van der Waals surface area contributed by atoms with Crippen LogP contribution in [-0.2, 0) is 11.3 Å². The molecule has 2 heterocycles. The molecule has 0 radical (unpaired) electrons. The zero-order valence-electron chi connectivity index (χ0n) is 9.84. The van der Waals surface area contributed by atoms with Crippen molar-refractivity contribution in [2.45, 2.75) is 44.4 Å². The van der Waals surface area contributed by atoms with Gasteiger partial charge in [-0.15, -0.1) is 5.10 Å². The van der Waals surface area contributed by atoms with Crippen LogP contribution in [0.4, 0.5) is 5.00 Å². The lowest BCUT2D eigenvalue weighted by Gasteiger charge is -2.43. The van der Waals surface area contributed by atoms with Crippen molar-refractivity contribution in [1.82, 2.24) is 14.5 Å². The second kappa shape index (κ2) is 4.88. The molecule has 0 aromatic carbocycles. The lowest BCUT2D eigenvalue weighted by atomic mass is 9.90. The summed E-state index contributed by atoms with van der Waals surface area (Å²) in [5, 5.41) is 4.86. The molecule has 94 valence electrons. The molecule has 2 atom stereocenters. The number of fused-ring (bicyclic) bond motifs is 1. The summed E-state index contributed by atoms with van der Waals surface area (Å²) in [6.45, 7) is 2.64. The van der Waals surface area contributed by atoms with Crippen LogP contribution < -0.4 is 5.73 Å². The number of ether oxygens (including phenoxy) is 1. The topological polar surface area (TPSA) is 64.3 Å². The first kappa shape index (κ1) is 11.4. The molecule has 1 aromatic rings. The van der Waals surface area contributed by atoms with Gasteiger partial charge in [-0.2, -0.15) is 0 Å². The summed E-state index contributed by atoms with van der Waals surface area (Å²) in [4.78, 5) is 2.47. The van der Waals surface area contributed by atoms with Crippen LogP contribution in [0.3, 0.4) is 0 Å². The molecule has 6 heteroatoms. The Morgan fingerprint density at radius 2 is 2.29 bits per heavy atom. The molecule has 1 aliphatic carbocycles. The van der Waals surface area contributed by atoms with Gasteiger partial charge in [0.2, 0.25) is 0 Å². The summed E-state index contributed by atoms with van der Waals surface area (Å²) in [6, 6.07) is 0.554. The lowest BCUT2D eigenvalue weighted by molar-refractivity contribution is -0.0913. The third kappa shape index (κ3) is 2.29. The van der Waals surface area contributed by atoms with Crippen molar-refractivity contribution < 1.29 is 4.74 Å². The molecular weight excluding hydrogens is 236 g/mol. The Bertz CT molecular complexity index is 381. The Morgan fingerprint density at radius 1 is 1.41 bits per heavy atom. The smallest absolute Gasteiger partial charge is 0.132 e. The van der Waals surface area contributed by atoms with Crippen molar-refractivity contribution >= 4 is 16.5 Å². The van der Waals surface area contributed by atoms with Gasteiger partial charge < -0.3 is 10.5 Å². The van der Waals surface area contributed by atoms with Crippen LogP contribution in [0.25, 0.3) is 0 Å². The number of hydrogen-bond acceptors (Lipinski definition) is 6. The molecule has 0 bridgehead atoms. The van der Waals surface area contributed by atoms with Crippen molar-refractivity contribution in [1.29, 1.82) is 0 Å². The second-order valence-electron chi connectivity index (χ2n) is 4.82. The Kier molecular flexibility index (Phi) is 3.26. The van der Waals surface area contributed by atoms with E-state index in [1.165, 1.54) is 37.2 Å². The van der Waals surface area contributed by atoms with E-state index in [4.69, 9.17) is 10.5 Å². The van der Waals surface area contributed by atoms with Crippen molar-refractivity contribution in [2.75, 3.05) is 18.9 Å². The van der Waals surface area contributed by atoms with Gasteiger partial charge in [-0.1, -0.05) is 17.3 Å². The minimum Gasteiger partial charge on any atom is -0.388 e. The van der Waals surface area contributed by atoms with Crippen LogP contribution in [0.5, 0.6) is 0 Å². The highest BCUT2D eigenvalue weighted by molar-refractivity contribution is 7.09. The fraction of sp³-hybridized carbons (Fsp3) is 0.818. The molecular formula is C11H18N4OS. The van der Waals surface area contributed by atoms with Gasteiger partial charge in [0.05, 0.1) is 12.7 Å². The predicted octanol–water partition coefficient (Wildman–Crippen LogP) is 1.26. The fourth-order valence-corrected chi connectivity index (χ4v) is 3.33. The first-order valence-electron chi connectivity index (χ1n) is 6.27. The van der Waals surface area contributed by atoms with Crippen LogP contribution in [0, 0.1) is 0 Å². The van der Waals surface area contributed by atoms with Gasteiger partial charge in [-0.05, 0) is 12.8 Å². The van der Waals surface area contributed by atoms with E-state index >= 15 is 0 Å². The average Bonchev–Trinajstić information content (AvgIpc) is 2.76. The van der Waals surface area contributed by atoms with Crippen LogP contribution in [-0.4, -0.2) is 39.8 Å². The first-order valence-corrected chi connectivity index (χ1v) is 7.04. The number of aromatic nitrogens is 2. The van der Waals surface area contributed by atoms with E-state index in [0.29, 0.717) is 12.1 Å². The Labute approximate surface area is 105 Å². The van der Waals surface area contributed by atoms with Gasteiger partial charge in [0.1, 0.15) is 10.7 Å². The minimum absolute atomic E-state index is 0.422. The molecule has 1 saturated heterocycles. The summed E-state index contributed by atoms with van der Waals surface area (Å²) in [7, 11) is 0. The van der Waals surface area contributed by atoms with E-state index in [1.54, 1.807) is 0 Å². The summed E-state index contributed by atoms with van der Waals surface area (Å²) in [5.41, 5.74) is 6.79. The molecule has 0 spiro atoms.